The Labute approximate surface area is 268 Å². The lowest BCUT2D eigenvalue weighted by Gasteiger charge is -2.06. The number of nitrogens with one attached hydrogen (secondary N) is 3. The molecule has 0 aliphatic rings. The van der Waals surface area contributed by atoms with Crippen LogP contribution in [0.4, 0.5) is 0 Å². The molecule has 3 amide bonds. The summed E-state index contributed by atoms with van der Waals surface area (Å²) in [7, 11) is 0. The van der Waals surface area contributed by atoms with Crippen LogP contribution in [-0.2, 0) is 4.79 Å². The molecule has 0 aromatic carbocycles. The highest BCUT2D eigenvalue weighted by Crippen LogP contribution is 2.00. The maximum Gasteiger partial charge on any atom is 0.252 e. The summed E-state index contributed by atoms with van der Waals surface area (Å²) >= 11 is 0. The van der Waals surface area contributed by atoms with Gasteiger partial charge in [0.15, 0.2) is 0 Å². The summed E-state index contributed by atoms with van der Waals surface area (Å²) in [6, 6.07) is 6.85. The predicted molar refractivity (Wildman–Crippen MR) is 184 cm³/mol. The van der Waals surface area contributed by atoms with Crippen LogP contribution in [0.2, 0.25) is 0 Å². The number of amides is 3. The lowest BCUT2D eigenvalue weighted by molar-refractivity contribution is -0.121. The van der Waals surface area contributed by atoms with Gasteiger partial charge in [0.1, 0.15) is 0 Å². The van der Waals surface area contributed by atoms with Crippen LogP contribution in [0.3, 0.4) is 0 Å². The van der Waals surface area contributed by atoms with E-state index in [9.17, 15) is 14.4 Å². The van der Waals surface area contributed by atoms with E-state index in [4.69, 9.17) is 5.73 Å². The first-order valence-corrected chi connectivity index (χ1v) is 15.7. The Kier molecular flexibility index (Phi) is 24.0. The largest absolute Gasteiger partial charge is 0.354 e. The van der Waals surface area contributed by atoms with E-state index in [1.165, 1.54) is 12.4 Å². The van der Waals surface area contributed by atoms with Crippen LogP contribution in [-0.4, -0.2) is 53.9 Å². The van der Waals surface area contributed by atoms with Gasteiger partial charge in [0, 0.05) is 57.4 Å². The van der Waals surface area contributed by atoms with Gasteiger partial charge >= 0.3 is 0 Å². The number of nitrogens with zero attached hydrogens (tertiary/aromatic N) is 2. The lowest BCUT2D eigenvalue weighted by Crippen LogP contribution is -2.34. The van der Waals surface area contributed by atoms with Gasteiger partial charge < -0.3 is 21.7 Å². The van der Waals surface area contributed by atoms with Crippen molar-refractivity contribution in [2.24, 2.45) is 5.73 Å². The summed E-state index contributed by atoms with van der Waals surface area (Å²) in [4.78, 5) is 42.6. The number of allylic oxidation sites excluding steroid dienone is 10. The highest BCUT2D eigenvalue weighted by atomic mass is 16.2. The quantitative estimate of drug-likeness (QED) is 0.113. The molecule has 0 saturated heterocycles. The fraction of sp³-hybridized carbons (Fsp3) is 0.361. The highest BCUT2D eigenvalue weighted by molar-refractivity contribution is 5.94. The first-order chi connectivity index (χ1) is 22.1. The van der Waals surface area contributed by atoms with E-state index < -0.39 is 0 Å². The van der Waals surface area contributed by atoms with Gasteiger partial charge in [-0.3, -0.25) is 24.4 Å². The minimum Gasteiger partial charge on any atom is -0.354 e. The number of rotatable bonds is 20. The molecule has 0 atom stereocenters. The van der Waals surface area contributed by atoms with E-state index >= 15 is 0 Å². The molecule has 0 saturated carbocycles. The van der Waals surface area contributed by atoms with Gasteiger partial charge in [-0.15, -0.1) is 0 Å². The third-order valence-electron chi connectivity index (χ3n) is 5.94. The van der Waals surface area contributed by atoms with E-state index in [1.807, 2.05) is 0 Å². The average Bonchev–Trinajstić information content (AvgIpc) is 3.08. The van der Waals surface area contributed by atoms with E-state index in [2.05, 4.69) is 93.6 Å². The molecule has 0 bridgehead atoms. The van der Waals surface area contributed by atoms with Crippen LogP contribution >= 0.6 is 0 Å². The van der Waals surface area contributed by atoms with Gasteiger partial charge in [-0.2, -0.15) is 0 Å². The second-order valence-electron chi connectivity index (χ2n) is 9.73. The van der Waals surface area contributed by atoms with Crippen molar-refractivity contribution in [1.82, 2.24) is 25.9 Å². The minimum absolute atomic E-state index is 0.0120. The van der Waals surface area contributed by atoms with Gasteiger partial charge in [0.25, 0.3) is 11.8 Å². The second-order valence-corrected chi connectivity index (χ2v) is 9.73. The van der Waals surface area contributed by atoms with E-state index in [-0.39, 0.29) is 17.7 Å². The summed E-state index contributed by atoms with van der Waals surface area (Å²) in [5.41, 5.74) is 6.30. The second kappa shape index (κ2) is 28.2. The van der Waals surface area contributed by atoms with E-state index in [0.29, 0.717) is 43.7 Å². The zero-order chi connectivity index (χ0) is 32.6. The van der Waals surface area contributed by atoms with Gasteiger partial charge in [-0.25, -0.2) is 0 Å². The Bertz CT molecular complexity index is 1210. The number of hydrogen-bond acceptors (Lipinski definition) is 6. The number of hydrogen-bond donors (Lipinski definition) is 4. The molecule has 5 N–H and O–H groups in total. The van der Waals surface area contributed by atoms with Crippen LogP contribution in [0.5, 0.6) is 0 Å². The molecule has 2 aromatic rings. The van der Waals surface area contributed by atoms with E-state index in [1.54, 1.807) is 36.7 Å². The molecular formula is C36H50N6O3. The first-order valence-electron chi connectivity index (χ1n) is 15.7. The van der Waals surface area contributed by atoms with Crippen LogP contribution in [0.15, 0.2) is 110 Å². The Morgan fingerprint density at radius 3 is 1.60 bits per heavy atom. The van der Waals surface area contributed by atoms with Crippen molar-refractivity contribution in [1.29, 1.82) is 0 Å². The molecule has 45 heavy (non-hydrogen) atoms. The van der Waals surface area contributed by atoms with Gasteiger partial charge in [0.2, 0.25) is 5.91 Å². The fourth-order valence-electron chi connectivity index (χ4n) is 3.60. The van der Waals surface area contributed by atoms with Crippen LogP contribution < -0.4 is 21.7 Å². The molecule has 9 nitrogen and oxygen atoms in total. The molecule has 242 valence electrons. The molecule has 9 heteroatoms. The SMILES string of the molecule is CC/C=C\C/C=C\C/C=C\C/C=C\C/C=C\CCCC(=O)NCCNC(=O)c1cccnc1.NCCNC(=O)c1cccnc1. The summed E-state index contributed by atoms with van der Waals surface area (Å²) in [5, 5.41) is 8.23. The third-order valence-corrected chi connectivity index (χ3v) is 5.94. The average molecular weight is 615 g/mol. The molecule has 0 fully saturated rings. The van der Waals surface area contributed by atoms with Crippen molar-refractivity contribution in [2.45, 2.75) is 58.3 Å². The summed E-state index contributed by atoms with van der Waals surface area (Å²) < 4.78 is 0. The van der Waals surface area contributed by atoms with Gasteiger partial charge in [0.05, 0.1) is 11.1 Å². The molecule has 0 aliphatic carbocycles. The monoisotopic (exact) mass is 614 g/mol. The molecule has 0 spiro atoms. The summed E-state index contributed by atoms with van der Waals surface area (Å²) in [5.74, 6) is -0.303. The molecule has 0 radical (unpaired) electrons. The fourth-order valence-corrected chi connectivity index (χ4v) is 3.60. The molecule has 2 rings (SSSR count). The number of aromatic nitrogens is 2. The topological polar surface area (TPSA) is 139 Å². The number of pyridine rings is 2. The number of nitrogens with two attached hydrogens (primary N) is 1. The highest BCUT2D eigenvalue weighted by Gasteiger charge is 2.05. The van der Waals surface area contributed by atoms with Gasteiger partial charge in [-0.1, -0.05) is 67.7 Å². The van der Waals surface area contributed by atoms with Gasteiger partial charge in [-0.05, 0) is 69.2 Å². The van der Waals surface area contributed by atoms with Crippen molar-refractivity contribution in [3.05, 3.63) is 121 Å². The van der Waals surface area contributed by atoms with Crippen molar-refractivity contribution >= 4 is 17.7 Å². The molecule has 2 heterocycles. The van der Waals surface area contributed by atoms with Crippen molar-refractivity contribution in [3.8, 4) is 0 Å². The van der Waals surface area contributed by atoms with E-state index in [0.717, 1.165) is 44.9 Å². The van der Waals surface area contributed by atoms with Crippen LogP contribution in [0.25, 0.3) is 0 Å². The zero-order valence-corrected chi connectivity index (χ0v) is 26.6. The Balaban J connectivity index is 0.000000701. The Morgan fingerprint density at radius 2 is 1.13 bits per heavy atom. The van der Waals surface area contributed by atoms with Crippen molar-refractivity contribution < 1.29 is 14.4 Å². The van der Waals surface area contributed by atoms with Crippen LogP contribution in [0.1, 0.15) is 79.0 Å². The molecular weight excluding hydrogens is 564 g/mol. The molecule has 0 aliphatic heterocycles. The number of carbonyl (C=O) groups excluding carboxylic acids is 3. The summed E-state index contributed by atoms with van der Waals surface area (Å²) in [6.07, 6.45) is 35.2. The Morgan fingerprint density at radius 1 is 0.667 bits per heavy atom. The predicted octanol–water partition coefficient (Wildman–Crippen LogP) is 5.62. The normalized spacial score (nSPS) is 11.3. The molecule has 2 aromatic heterocycles. The maximum atomic E-state index is 11.9. The zero-order valence-electron chi connectivity index (χ0n) is 26.6. The smallest absolute Gasteiger partial charge is 0.252 e. The minimum atomic E-state index is -0.184. The molecule has 0 unspecified atom stereocenters. The lowest BCUT2D eigenvalue weighted by atomic mass is 10.2. The maximum absolute atomic E-state index is 11.9. The van der Waals surface area contributed by atoms with Crippen LogP contribution in [0, 0.1) is 0 Å². The number of unbranched alkanes of at least 4 members (excludes halogenated alkanes) is 1. The third kappa shape index (κ3) is 22.6. The standard InChI is InChI=1S/C28H39N3O2.C8H11N3O/c1-2-3-4-5-6-7-8-9-10-11-12-13-14-15-16-17-18-21-27(32)30-23-24-31-28(33)26-20-19-22-29-25-26;9-3-5-11-8(12)7-2-1-4-10-6-7/h3-4,6-7,9-10,12-13,15-16,19-20,22,25H,2,5,8,11,14,17-18,21,23-24H2,1H3,(H,30,32)(H,31,33);1-2,4,6H,3,5,9H2,(H,11,12)/b4-3-,7-6-,10-9-,13-12-,16-15-;. The van der Waals surface area contributed by atoms with Crippen molar-refractivity contribution in [2.75, 3.05) is 26.2 Å². The Hall–Kier alpha value is -4.63. The van der Waals surface area contributed by atoms with Crippen molar-refractivity contribution in [3.63, 3.8) is 0 Å². The summed E-state index contributed by atoms with van der Waals surface area (Å²) in [6.45, 7) is 3.91. The number of carbonyl (C=O) groups is 3. The first kappa shape index (κ1) is 38.4.